The molecule has 0 amide bonds. The summed E-state index contributed by atoms with van der Waals surface area (Å²) in [4.78, 5) is 0. The first-order chi connectivity index (χ1) is 12.8. The van der Waals surface area contributed by atoms with Gasteiger partial charge in [0.2, 0.25) is 6.71 Å². The lowest BCUT2D eigenvalue weighted by atomic mass is 9.41. The van der Waals surface area contributed by atoms with Crippen molar-refractivity contribution in [1.29, 1.82) is 0 Å². The van der Waals surface area contributed by atoms with Gasteiger partial charge in [-0.25, -0.2) is 0 Å². The first-order valence-electron chi connectivity index (χ1n) is 10.8. The largest absolute Gasteiger partial charge is 0.207 e. The molecule has 2 aromatic carbocycles. The Labute approximate surface area is 158 Å². The molecule has 3 aliphatic rings. The number of rotatable bonds is 2. The summed E-state index contributed by atoms with van der Waals surface area (Å²) in [6, 6.07) is 14.6. The Morgan fingerprint density at radius 2 is 1.08 bits per heavy atom. The molecule has 1 heterocycles. The maximum absolute atomic E-state index is 2.54. The molecule has 0 unspecified atom stereocenters. The van der Waals surface area contributed by atoms with Gasteiger partial charge in [0.15, 0.2) is 0 Å². The molecule has 0 aromatic heterocycles. The molecule has 0 N–H and O–H groups in total. The molecule has 26 heavy (non-hydrogen) atoms. The fourth-order valence-electron chi connectivity index (χ4n) is 5.61. The molecule has 0 nitrogen and oxygen atoms in total. The average molecular weight is 340 g/mol. The summed E-state index contributed by atoms with van der Waals surface area (Å²) in [6.45, 7) is 2.90. The topological polar surface area (TPSA) is 0 Å². The molecule has 0 saturated heterocycles. The molecular weight excluding hydrogens is 311 g/mol. The molecule has 0 bridgehead atoms. The van der Waals surface area contributed by atoms with Crippen molar-refractivity contribution in [2.24, 2.45) is 0 Å². The van der Waals surface area contributed by atoms with Crippen molar-refractivity contribution < 1.29 is 0 Å². The molecule has 0 atom stereocenters. The van der Waals surface area contributed by atoms with Crippen LogP contribution in [0.2, 0.25) is 6.82 Å². The summed E-state index contributed by atoms with van der Waals surface area (Å²) in [7, 11) is 0. The van der Waals surface area contributed by atoms with Crippen molar-refractivity contribution in [2.45, 2.75) is 70.0 Å². The highest BCUT2D eigenvalue weighted by atomic mass is 14.2. The van der Waals surface area contributed by atoms with Gasteiger partial charge < -0.3 is 0 Å². The summed E-state index contributed by atoms with van der Waals surface area (Å²) < 4.78 is 0. The van der Waals surface area contributed by atoms with Gasteiger partial charge in [-0.15, -0.1) is 0 Å². The second-order valence-electron chi connectivity index (χ2n) is 8.79. The molecule has 132 valence electrons. The maximum Gasteiger partial charge on any atom is 0.207 e. The highest BCUT2D eigenvalue weighted by molar-refractivity contribution is 6.85. The SMILES string of the molecule is CB1c2cc(C3CCCC3)ccc2C=Cc2ccc(C3CCCC3)cc21. The highest BCUT2D eigenvalue weighted by Gasteiger charge is 2.25. The second-order valence-corrected chi connectivity index (χ2v) is 8.79. The molecule has 2 aliphatic carbocycles. The lowest BCUT2D eigenvalue weighted by Crippen LogP contribution is -2.41. The maximum atomic E-state index is 2.54. The van der Waals surface area contributed by atoms with E-state index in [-0.39, 0.29) is 0 Å². The van der Waals surface area contributed by atoms with Gasteiger partial charge in [-0.2, -0.15) is 0 Å². The van der Waals surface area contributed by atoms with E-state index >= 15 is 0 Å². The average Bonchev–Trinajstić information content (AvgIpc) is 3.37. The van der Waals surface area contributed by atoms with Crippen molar-refractivity contribution in [3.63, 3.8) is 0 Å². The third-order valence-corrected chi connectivity index (χ3v) is 7.25. The van der Waals surface area contributed by atoms with Crippen molar-refractivity contribution >= 4 is 29.8 Å². The fourth-order valence-corrected chi connectivity index (χ4v) is 5.61. The van der Waals surface area contributed by atoms with Crippen LogP contribution in [-0.4, -0.2) is 6.71 Å². The quantitative estimate of drug-likeness (QED) is 0.613. The summed E-state index contributed by atoms with van der Waals surface area (Å²) in [5, 5.41) is 0. The van der Waals surface area contributed by atoms with E-state index in [1.165, 1.54) is 73.4 Å². The van der Waals surface area contributed by atoms with Gasteiger partial charge in [-0.1, -0.05) is 92.0 Å². The van der Waals surface area contributed by atoms with Crippen LogP contribution in [0.1, 0.15) is 85.5 Å². The smallest absolute Gasteiger partial charge is 0.0774 e. The predicted octanol–water partition coefficient (Wildman–Crippen LogP) is 5.72. The van der Waals surface area contributed by atoms with Crippen molar-refractivity contribution in [1.82, 2.24) is 0 Å². The zero-order valence-electron chi connectivity index (χ0n) is 16.0. The zero-order valence-corrected chi connectivity index (χ0v) is 16.0. The van der Waals surface area contributed by atoms with Gasteiger partial charge in [-0.05, 0) is 59.8 Å². The third-order valence-electron chi connectivity index (χ3n) is 7.25. The van der Waals surface area contributed by atoms with Gasteiger partial charge >= 0.3 is 0 Å². The Morgan fingerprint density at radius 3 is 1.50 bits per heavy atom. The van der Waals surface area contributed by atoms with Crippen LogP contribution in [0.5, 0.6) is 0 Å². The van der Waals surface area contributed by atoms with Gasteiger partial charge in [0, 0.05) is 0 Å². The van der Waals surface area contributed by atoms with E-state index in [9.17, 15) is 0 Å². The molecular formula is C25H29B. The Morgan fingerprint density at radius 1 is 0.654 bits per heavy atom. The van der Waals surface area contributed by atoms with Gasteiger partial charge in [0.05, 0.1) is 0 Å². The van der Waals surface area contributed by atoms with E-state index in [2.05, 4.69) is 55.4 Å². The molecule has 2 aromatic rings. The van der Waals surface area contributed by atoms with Crippen LogP contribution in [0, 0.1) is 0 Å². The molecule has 0 radical (unpaired) electrons. The van der Waals surface area contributed by atoms with Crippen LogP contribution in [0.25, 0.3) is 12.2 Å². The van der Waals surface area contributed by atoms with E-state index in [1.54, 1.807) is 11.1 Å². The zero-order chi connectivity index (χ0) is 17.5. The molecule has 2 fully saturated rings. The van der Waals surface area contributed by atoms with Crippen molar-refractivity contribution in [3.8, 4) is 0 Å². The van der Waals surface area contributed by atoms with E-state index < -0.39 is 0 Å². The summed E-state index contributed by atoms with van der Waals surface area (Å²) in [5.41, 5.74) is 9.06. The number of benzene rings is 2. The van der Waals surface area contributed by atoms with E-state index in [4.69, 9.17) is 0 Å². The molecule has 1 aliphatic heterocycles. The van der Waals surface area contributed by atoms with E-state index in [0.717, 1.165) is 11.8 Å². The monoisotopic (exact) mass is 340 g/mol. The normalized spacial score (nSPS) is 20.3. The van der Waals surface area contributed by atoms with Gasteiger partial charge in [0.1, 0.15) is 0 Å². The van der Waals surface area contributed by atoms with Crippen LogP contribution in [-0.2, 0) is 0 Å². The Hall–Kier alpha value is -1.76. The van der Waals surface area contributed by atoms with Gasteiger partial charge in [-0.3, -0.25) is 0 Å². The molecule has 2 saturated carbocycles. The minimum atomic E-state index is 0.484. The van der Waals surface area contributed by atoms with Crippen LogP contribution in [0.4, 0.5) is 0 Å². The summed E-state index contributed by atoms with van der Waals surface area (Å²) in [6.07, 6.45) is 15.8. The van der Waals surface area contributed by atoms with Crippen LogP contribution >= 0.6 is 0 Å². The number of hydrogen-bond donors (Lipinski definition) is 0. The Balaban J connectivity index is 1.55. The molecule has 5 rings (SSSR count). The van der Waals surface area contributed by atoms with E-state index in [1.807, 2.05) is 0 Å². The van der Waals surface area contributed by atoms with Crippen molar-refractivity contribution in [3.05, 3.63) is 58.7 Å². The van der Waals surface area contributed by atoms with Crippen LogP contribution < -0.4 is 10.9 Å². The summed E-state index contributed by atoms with van der Waals surface area (Å²) >= 11 is 0. The van der Waals surface area contributed by atoms with Crippen LogP contribution in [0.3, 0.4) is 0 Å². The minimum absolute atomic E-state index is 0.484. The predicted molar refractivity (Wildman–Crippen MR) is 115 cm³/mol. The minimum Gasteiger partial charge on any atom is -0.0774 e. The Kier molecular flexibility index (Phi) is 4.27. The fraction of sp³-hybridized carbons (Fsp3) is 0.440. The molecule has 0 spiro atoms. The lowest BCUT2D eigenvalue weighted by Gasteiger charge is -2.19. The highest BCUT2D eigenvalue weighted by Crippen LogP contribution is 2.35. The van der Waals surface area contributed by atoms with Crippen molar-refractivity contribution in [2.75, 3.05) is 0 Å². The number of fused-ring (bicyclic) bond motifs is 2. The number of hydrogen-bond acceptors (Lipinski definition) is 0. The standard InChI is InChI=1S/C25H29B/c1-26-24-16-22(18-6-2-3-7-18)14-12-20(24)10-11-21-13-15-23(17-25(21)26)19-8-4-5-9-19/h10-19H,2-9H2,1H3. The molecule has 1 heteroatoms. The summed E-state index contributed by atoms with van der Waals surface area (Å²) in [5.74, 6) is 1.59. The van der Waals surface area contributed by atoms with E-state index in [0.29, 0.717) is 6.71 Å². The third kappa shape index (κ3) is 2.86. The van der Waals surface area contributed by atoms with Crippen LogP contribution in [0.15, 0.2) is 36.4 Å². The Bertz CT molecular complexity index is 766. The lowest BCUT2D eigenvalue weighted by molar-refractivity contribution is 0.724. The van der Waals surface area contributed by atoms with Gasteiger partial charge in [0.25, 0.3) is 0 Å². The first kappa shape index (κ1) is 16.4. The second kappa shape index (κ2) is 6.76. The first-order valence-corrected chi connectivity index (χ1v) is 10.8.